The van der Waals surface area contributed by atoms with E-state index in [2.05, 4.69) is 22.4 Å². The minimum absolute atomic E-state index is 0.215. The van der Waals surface area contributed by atoms with Crippen molar-refractivity contribution in [2.75, 3.05) is 14.2 Å². The van der Waals surface area contributed by atoms with E-state index in [0.717, 1.165) is 35.5 Å². The van der Waals surface area contributed by atoms with Crippen molar-refractivity contribution in [1.29, 1.82) is 0 Å². The number of hydrogen-bond donors (Lipinski definition) is 0. The first-order valence-electron chi connectivity index (χ1n) is 10.1. The fourth-order valence-corrected chi connectivity index (χ4v) is 3.32. The van der Waals surface area contributed by atoms with E-state index in [1.54, 1.807) is 36.0 Å². The molecule has 0 aliphatic rings. The van der Waals surface area contributed by atoms with Crippen molar-refractivity contribution in [3.05, 3.63) is 95.6 Å². The zero-order valence-electron chi connectivity index (χ0n) is 17.6. The highest BCUT2D eigenvalue weighted by atomic mass is 16.5. The monoisotopic (exact) mass is 416 g/mol. The Hall–Kier alpha value is -3.87. The number of carbonyl (C=O) groups is 1. The summed E-state index contributed by atoms with van der Waals surface area (Å²) >= 11 is 0. The lowest BCUT2D eigenvalue weighted by molar-refractivity contribution is 0.0743. The van der Waals surface area contributed by atoms with Crippen molar-refractivity contribution in [1.82, 2.24) is 19.8 Å². The van der Waals surface area contributed by atoms with Crippen LogP contribution in [0.4, 0.5) is 0 Å². The molecule has 0 N–H and O–H groups in total. The Morgan fingerprint density at radius 1 is 1.06 bits per heavy atom. The van der Waals surface area contributed by atoms with Crippen molar-refractivity contribution in [2.24, 2.45) is 0 Å². The normalized spacial score (nSPS) is 10.8. The number of carbonyl (C=O) groups excluding carboxylic acids is 1. The summed E-state index contributed by atoms with van der Waals surface area (Å²) in [7, 11) is 3.36. The van der Waals surface area contributed by atoms with Crippen LogP contribution in [0.2, 0.25) is 0 Å². The first-order valence-corrected chi connectivity index (χ1v) is 10.1. The number of aromatic nitrogens is 3. The largest absolute Gasteiger partial charge is 0.497 e. The molecule has 0 spiro atoms. The molecule has 31 heavy (non-hydrogen) atoms. The van der Waals surface area contributed by atoms with Crippen LogP contribution >= 0.6 is 0 Å². The van der Waals surface area contributed by atoms with Crippen LogP contribution in [-0.2, 0) is 19.4 Å². The minimum atomic E-state index is -0.215. The smallest absolute Gasteiger partial charge is 0.292 e. The predicted molar refractivity (Wildman–Crippen MR) is 116 cm³/mol. The van der Waals surface area contributed by atoms with Gasteiger partial charge in [-0.2, -0.15) is 5.10 Å². The number of nitrogens with zero attached hydrogens (tertiary/aromatic N) is 4. The van der Waals surface area contributed by atoms with Gasteiger partial charge in [-0.3, -0.25) is 4.79 Å². The zero-order chi connectivity index (χ0) is 21.6. The van der Waals surface area contributed by atoms with Gasteiger partial charge in [0.05, 0.1) is 24.7 Å². The Morgan fingerprint density at radius 2 is 1.90 bits per heavy atom. The Bertz CT molecular complexity index is 1150. The molecular formula is C24H24N4O3. The molecule has 158 valence electrons. The second-order valence-corrected chi connectivity index (χ2v) is 7.32. The van der Waals surface area contributed by atoms with Crippen molar-refractivity contribution in [2.45, 2.75) is 19.4 Å². The Morgan fingerprint density at radius 3 is 2.71 bits per heavy atom. The molecule has 2 aromatic heterocycles. The van der Waals surface area contributed by atoms with Crippen LogP contribution in [0.3, 0.4) is 0 Å². The number of hydrogen-bond acceptors (Lipinski definition) is 5. The second-order valence-electron chi connectivity index (χ2n) is 7.32. The van der Waals surface area contributed by atoms with Gasteiger partial charge in [0.2, 0.25) is 5.76 Å². The Balaban J connectivity index is 1.37. The molecular weight excluding hydrogens is 392 g/mol. The molecule has 0 fully saturated rings. The van der Waals surface area contributed by atoms with Crippen molar-refractivity contribution >= 4 is 5.91 Å². The molecule has 0 saturated heterocycles. The summed E-state index contributed by atoms with van der Waals surface area (Å²) in [5, 5.41) is 8.44. The van der Waals surface area contributed by atoms with E-state index < -0.39 is 0 Å². The fraction of sp³-hybridized carbons (Fsp3) is 0.208. The second kappa shape index (κ2) is 9.30. The van der Waals surface area contributed by atoms with Crippen LogP contribution in [0.1, 0.15) is 27.4 Å². The molecule has 4 rings (SSSR count). The van der Waals surface area contributed by atoms with Crippen LogP contribution in [0.25, 0.3) is 5.69 Å². The molecule has 0 radical (unpaired) electrons. The summed E-state index contributed by atoms with van der Waals surface area (Å²) in [5.74, 6) is 0.786. The van der Waals surface area contributed by atoms with E-state index in [4.69, 9.17) is 9.26 Å². The van der Waals surface area contributed by atoms with Gasteiger partial charge in [-0.1, -0.05) is 41.6 Å². The number of ether oxygens (including phenoxy) is 1. The summed E-state index contributed by atoms with van der Waals surface area (Å²) in [6.07, 6.45) is 5.21. The molecule has 0 atom stereocenters. The average Bonchev–Trinajstić information content (AvgIpc) is 3.48. The number of benzene rings is 2. The van der Waals surface area contributed by atoms with Gasteiger partial charge < -0.3 is 14.2 Å². The molecule has 4 aromatic rings. The lowest BCUT2D eigenvalue weighted by Crippen LogP contribution is -2.25. The molecule has 2 aromatic carbocycles. The zero-order valence-corrected chi connectivity index (χ0v) is 17.6. The van der Waals surface area contributed by atoms with Gasteiger partial charge in [0.1, 0.15) is 5.75 Å². The SMILES string of the molecule is COc1cccc(-n2cc(CN(C)C(=O)c3cc(CCc4ccccc4)no3)cn2)c1. The molecule has 0 aliphatic heterocycles. The van der Waals surface area contributed by atoms with Gasteiger partial charge >= 0.3 is 0 Å². The van der Waals surface area contributed by atoms with Gasteiger partial charge in [-0.25, -0.2) is 4.68 Å². The quantitative estimate of drug-likeness (QED) is 0.435. The number of rotatable bonds is 8. The Kier molecular flexibility index (Phi) is 6.12. The Labute approximate surface area is 180 Å². The topological polar surface area (TPSA) is 73.4 Å². The molecule has 0 bridgehead atoms. The van der Waals surface area contributed by atoms with E-state index in [1.165, 1.54) is 5.56 Å². The maximum Gasteiger partial charge on any atom is 0.292 e. The summed E-state index contributed by atoms with van der Waals surface area (Å²) in [6, 6.07) is 19.5. The van der Waals surface area contributed by atoms with Crippen LogP contribution in [0.15, 0.2) is 77.6 Å². The van der Waals surface area contributed by atoms with Gasteiger partial charge in [-0.15, -0.1) is 0 Å². The molecule has 0 aliphatic carbocycles. The number of amides is 1. The summed E-state index contributed by atoms with van der Waals surface area (Å²) in [6.45, 7) is 0.406. The van der Waals surface area contributed by atoms with E-state index in [1.807, 2.05) is 48.7 Å². The van der Waals surface area contributed by atoms with Crippen LogP contribution in [0.5, 0.6) is 5.75 Å². The average molecular weight is 416 g/mol. The minimum Gasteiger partial charge on any atom is -0.497 e. The lowest BCUT2D eigenvalue weighted by Gasteiger charge is -2.13. The van der Waals surface area contributed by atoms with Gasteiger partial charge in [0.15, 0.2) is 0 Å². The van der Waals surface area contributed by atoms with Gasteiger partial charge in [-0.05, 0) is 30.5 Å². The van der Waals surface area contributed by atoms with Gasteiger partial charge in [0.25, 0.3) is 5.91 Å². The van der Waals surface area contributed by atoms with Crippen molar-refractivity contribution < 1.29 is 14.1 Å². The van der Waals surface area contributed by atoms with Crippen molar-refractivity contribution in [3.63, 3.8) is 0 Å². The highest BCUT2D eigenvalue weighted by molar-refractivity contribution is 5.91. The standard InChI is InChI=1S/C24H24N4O3/c1-27(16-19-15-25-28(17-19)21-9-6-10-22(14-21)30-2)24(29)23-13-20(26-31-23)12-11-18-7-4-3-5-8-18/h3-10,13-15,17H,11-12,16H2,1-2H3. The van der Waals surface area contributed by atoms with Crippen LogP contribution in [-0.4, -0.2) is 39.9 Å². The van der Waals surface area contributed by atoms with E-state index in [-0.39, 0.29) is 11.7 Å². The maximum absolute atomic E-state index is 12.7. The van der Waals surface area contributed by atoms with E-state index in [0.29, 0.717) is 6.54 Å². The molecule has 2 heterocycles. The number of aryl methyl sites for hydroxylation is 2. The lowest BCUT2D eigenvalue weighted by atomic mass is 10.1. The van der Waals surface area contributed by atoms with Crippen LogP contribution < -0.4 is 4.74 Å². The first kappa shape index (κ1) is 20.4. The molecule has 7 nitrogen and oxygen atoms in total. The highest BCUT2D eigenvalue weighted by Crippen LogP contribution is 2.17. The van der Waals surface area contributed by atoms with E-state index >= 15 is 0 Å². The first-order chi connectivity index (χ1) is 15.1. The van der Waals surface area contributed by atoms with Gasteiger partial charge in [0, 0.05) is 37.5 Å². The predicted octanol–water partition coefficient (Wildman–Crippen LogP) is 3.93. The van der Waals surface area contributed by atoms with Crippen molar-refractivity contribution in [3.8, 4) is 11.4 Å². The van der Waals surface area contributed by atoms with E-state index in [9.17, 15) is 4.79 Å². The third-order valence-corrected chi connectivity index (χ3v) is 5.00. The summed E-state index contributed by atoms with van der Waals surface area (Å²) in [5.41, 5.74) is 3.79. The molecule has 0 unspecified atom stereocenters. The summed E-state index contributed by atoms with van der Waals surface area (Å²) in [4.78, 5) is 14.3. The maximum atomic E-state index is 12.7. The third kappa shape index (κ3) is 5.01. The molecule has 7 heteroatoms. The fourth-order valence-electron chi connectivity index (χ4n) is 3.32. The van der Waals surface area contributed by atoms with Crippen LogP contribution in [0, 0.1) is 0 Å². The number of methoxy groups -OCH3 is 1. The molecule has 1 amide bonds. The third-order valence-electron chi connectivity index (χ3n) is 5.00. The molecule has 0 saturated carbocycles. The highest BCUT2D eigenvalue weighted by Gasteiger charge is 2.18. The summed E-state index contributed by atoms with van der Waals surface area (Å²) < 4.78 is 12.3.